The van der Waals surface area contributed by atoms with E-state index >= 15 is 0 Å². The molecular formula is C14H22BrN3O. The predicted molar refractivity (Wildman–Crippen MR) is 81.2 cm³/mol. The highest BCUT2D eigenvalue weighted by atomic mass is 79.9. The Morgan fingerprint density at radius 2 is 2.26 bits per heavy atom. The Hall–Kier alpha value is -0.840. The van der Waals surface area contributed by atoms with Crippen molar-refractivity contribution in [1.29, 1.82) is 0 Å². The standard InChI is InChI=1S/C14H22BrN3O/c1-11(2)19-14-10-16-9-13(17-14)18-8-4-3-5-12(18)6-7-15/h9-12H,3-8H2,1-2H3. The Morgan fingerprint density at radius 1 is 1.42 bits per heavy atom. The van der Waals surface area contributed by atoms with E-state index < -0.39 is 0 Å². The van der Waals surface area contributed by atoms with Crippen LogP contribution in [-0.4, -0.2) is 34.0 Å². The molecule has 0 amide bonds. The van der Waals surface area contributed by atoms with Crippen molar-refractivity contribution in [3.05, 3.63) is 12.4 Å². The molecular weight excluding hydrogens is 306 g/mol. The second kappa shape index (κ2) is 7.08. The van der Waals surface area contributed by atoms with Crippen LogP contribution in [0.3, 0.4) is 0 Å². The van der Waals surface area contributed by atoms with Gasteiger partial charge in [-0.15, -0.1) is 0 Å². The number of alkyl halides is 1. The van der Waals surface area contributed by atoms with E-state index in [1.165, 1.54) is 19.3 Å². The summed E-state index contributed by atoms with van der Waals surface area (Å²) in [6.07, 6.45) is 8.59. The fraction of sp³-hybridized carbons (Fsp3) is 0.714. The molecule has 1 aromatic rings. The Morgan fingerprint density at radius 3 is 3.00 bits per heavy atom. The number of piperidine rings is 1. The van der Waals surface area contributed by atoms with Gasteiger partial charge in [0.05, 0.1) is 18.5 Å². The summed E-state index contributed by atoms with van der Waals surface area (Å²) in [5, 5.41) is 1.03. The SMILES string of the molecule is CC(C)Oc1cncc(N2CCCCC2CCBr)n1. The van der Waals surface area contributed by atoms with Gasteiger partial charge >= 0.3 is 0 Å². The first-order valence-corrected chi connectivity index (χ1v) is 8.14. The summed E-state index contributed by atoms with van der Waals surface area (Å²) in [5.41, 5.74) is 0. The summed E-state index contributed by atoms with van der Waals surface area (Å²) in [4.78, 5) is 11.2. The maximum atomic E-state index is 5.63. The largest absolute Gasteiger partial charge is 0.474 e. The van der Waals surface area contributed by atoms with Crippen LogP contribution in [0.4, 0.5) is 5.82 Å². The minimum atomic E-state index is 0.129. The van der Waals surface area contributed by atoms with Gasteiger partial charge in [0, 0.05) is 17.9 Å². The minimum absolute atomic E-state index is 0.129. The van der Waals surface area contributed by atoms with Crippen LogP contribution >= 0.6 is 15.9 Å². The van der Waals surface area contributed by atoms with Crippen molar-refractivity contribution < 1.29 is 4.74 Å². The molecule has 0 radical (unpaired) electrons. The van der Waals surface area contributed by atoms with Crippen LogP contribution in [0.1, 0.15) is 39.5 Å². The van der Waals surface area contributed by atoms with E-state index in [0.717, 1.165) is 24.1 Å². The normalized spacial score (nSPS) is 19.8. The van der Waals surface area contributed by atoms with Gasteiger partial charge in [0.1, 0.15) is 0 Å². The molecule has 1 saturated heterocycles. The second-order valence-corrected chi connectivity index (χ2v) is 6.00. The lowest BCUT2D eigenvalue weighted by atomic mass is 10.0. The highest BCUT2D eigenvalue weighted by Crippen LogP contribution is 2.26. The minimum Gasteiger partial charge on any atom is -0.474 e. The van der Waals surface area contributed by atoms with Crippen LogP contribution in [0.2, 0.25) is 0 Å². The number of halogens is 1. The lowest BCUT2D eigenvalue weighted by Crippen LogP contribution is -2.40. The van der Waals surface area contributed by atoms with Crippen molar-refractivity contribution in [2.45, 2.75) is 51.7 Å². The molecule has 1 aromatic heterocycles. The van der Waals surface area contributed by atoms with E-state index in [-0.39, 0.29) is 6.10 Å². The van der Waals surface area contributed by atoms with Crippen molar-refractivity contribution in [2.75, 3.05) is 16.8 Å². The predicted octanol–water partition coefficient (Wildman–Crippen LogP) is 3.41. The van der Waals surface area contributed by atoms with Gasteiger partial charge in [-0.25, -0.2) is 0 Å². The molecule has 1 unspecified atom stereocenters. The third-order valence-corrected chi connectivity index (χ3v) is 3.78. The van der Waals surface area contributed by atoms with Crippen LogP contribution in [0.5, 0.6) is 5.88 Å². The maximum absolute atomic E-state index is 5.63. The second-order valence-electron chi connectivity index (χ2n) is 5.20. The van der Waals surface area contributed by atoms with Gasteiger partial charge in [-0.1, -0.05) is 15.9 Å². The van der Waals surface area contributed by atoms with E-state index in [1.807, 2.05) is 20.0 Å². The average molecular weight is 328 g/mol. The molecule has 0 spiro atoms. The van der Waals surface area contributed by atoms with Gasteiger partial charge in [-0.05, 0) is 39.5 Å². The monoisotopic (exact) mass is 327 g/mol. The highest BCUT2D eigenvalue weighted by molar-refractivity contribution is 9.09. The smallest absolute Gasteiger partial charge is 0.234 e. The number of aromatic nitrogens is 2. The molecule has 106 valence electrons. The molecule has 1 aliphatic rings. The summed E-state index contributed by atoms with van der Waals surface area (Å²) in [7, 11) is 0. The molecule has 0 N–H and O–H groups in total. The van der Waals surface area contributed by atoms with Crippen molar-refractivity contribution in [3.8, 4) is 5.88 Å². The van der Waals surface area contributed by atoms with E-state index in [1.54, 1.807) is 6.20 Å². The van der Waals surface area contributed by atoms with Crippen molar-refractivity contribution >= 4 is 21.7 Å². The van der Waals surface area contributed by atoms with Gasteiger partial charge in [0.15, 0.2) is 5.82 Å². The van der Waals surface area contributed by atoms with Gasteiger partial charge in [0.2, 0.25) is 5.88 Å². The topological polar surface area (TPSA) is 38.2 Å². The number of anilines is 1. The third-order valence-electron chi connectivity index (χ3n) is 3.32. The molecule has 0 aliphatic carbocycles. The Balaban J connectivity index is 2.14. The Bertz CT molecular complexity index is 398. The first-order valence-electron chi connectivity index (χ1n) is 7.02. The molecule has 2 heterocycles. The number of rotatable bonds is 5. The van der Waals surface area contributed by atoms with Crippen LogP contribution in [-0.2, 0) is 0 Å². The fourth-order valence-electron chi connectivity index (χ4n) is 2.50. The lowest BCUT2D eigenvalue weighted by Gasteiger charge is -2.36. The van der Waals surface area contributed by atoms with Crippen molar-refractivity contribution in [1.82, 2.24) is 9.97 Å². The molecule has 5 heteroatoms. The summed E-state index contributed by atoms with van der Waals surface area (Å²) in [6, 6.07) is 0.566. The lowest BCUT2D eigenvalue weighted by molar-refractivity contribution is 0.231. The van der Waals surface area contributed by atoms with Crippen LogP contribution in [0.25, 0.3) is 0 Å². The zero-order valence-corrected chi connectivity index (χ0v) is 13.3. The van der Waals surface area contributed by atoms with Crippen molar-refractivity contribution in [3.63, 3.8) is 0 Å². The molecule has 0 saturated carbocycles. The van der Waals surface area contributed by atoms with Crippen LogP contribution in [0, 0.1) is 0 Å². The third kappa shape index (κ3) is 4.06. The molecule has 0 bridgehead atoms. The first kappa shape index (κ1) is 14.6. The van der Waals surface area contributed by atoms with Gasteiger partial charge in [0.25, 0.3) is 0 Å². The van der Waals surface area contributed by atoms with Gasteiger partial charge in [-0.2, -0.15) is 4.98 Å². The van der Waals surface area contributed by atoms with Crippen LogP contribution in [0.15, 0.2) is 12.4 Å². The number of ether oxygens (including phenoxy) is 1. The zero-order chi connectivity index (χ0) is 13.7. The van der Waals surface area contributed by atoms with E-state index in [9.17, 15) is 0 Å². The molecule has 4 nitrogen and oxygen atoms in total. The van der Waals surface area contributed by atoms with Gasteiger partial charge < -0.3 is 9.64 Å². The number of hydrogen-bond acceptors (Lipinski definition) is 4. The summed E-state index contributed by atoms with van der Waals surface area (Å²) in [6.45, 7) is 5.07. The fourth-order valence-corrected chi connectivity index (χ4v) is 3.03. The van der Waals surface area contributed by atoms with E-state index in [4.69, 9.17) is 4.74 Å². The Labute approximate surface area is 123 Å². The number of nitrogens with zero attached hydrogens (tertiary/aromatic N) is 3. The summed E-state index contributed by atoms with van der Waals surface area (Å²) in [5.74, 6) is 1.57. The average Bonchev–Trinajstić information content (AvgIpc) is 2.39. The van der Waals surface area contributed by atoms with Gasteiger partial charge in [-0.3, -0.25) is 4.98 Å². The zero-order valence-electron chi connectivity index (χ0n) is 11.7. The molecule has 1 fully saturated rings. The highest BCUT2D eigenvalue weighted by Gasteiger charge is 2.23. The quantitative estimate of drug-likeness (QED) is 0.777. The molecule has 19 heavy (non-hydrogen) atoms. The molecule has 0 aromatic carbocycles. The molecule has 2 rings (SSSR count). The summed E-state index contributed by atoms with van der Waals surface area (Å²) < 4.78 is 5.63. The molecule has 1 aliphatic heterocycles. The maximum Gasteiger partial charge on any atom is 0.234 e. The first-order chi connectivity index (χ1) is 9.20. The van der Waals surface area contributed by atoms with Crippen molar-refractivity contribution in [2.24, 2.45) is 0 Å². The van der Waals surface area contributed by atoms with Crippen LogP contribution < -0.4 is 9.64 Å². The summed E-state index contributed by atoms with van der Waals surface area (Å²) >= 11 is 3.54. The molecule has 1 atom stereocenters. The number of hydrogen-bond donors (Lipinski definition) is 0. The van der Waals surface area contributed by atoms with E-state index in [2.05, 4.69) is 30.8 Å². The van der Waals surface area contributed by atoms with E-state index in [0.29, 0.717) is 11.9 Å². The Kier molecular flexibility index (Phi) is 5.43.